The molecule has 5 nitrogen and oxygen atoms in total. The number of fused-ring (bicyclic) bond motifs is 1. The van der Waals surface area contributed by atoms with Crippen LogP contribution in [0.3, 0.4) is 0 Å². The molecule has 0 aliphatic heterocycles. The molecule has 1 aromatic heterocycles. The summed E-state index contributed by atoms with van der Waals surface area (Å²) in [6.07, 6.45) is 0.211. The molecule has 0 spiro atoms. The predicted octanol–water partition coefficient (Wildman–Crippen LogP) is 4.96. The Hall–Kier alpha value is -3.64. The Morgan fingerprint density at radius 2 is 1.53 bits per heavy atom. The molecule has 6 heteroatoms. The first-order chi connectivity index (χ1) is 14.5. The second-order valence-electron chi connectivity index (χ2n) is 6.98. The van der Waals surface area contributed by atoms with Crippen molar-refractivity contribution in [3.05, 3.63) is 101 Å². The molecule has 0 aliphatic rings. The molecule has 4 aromatic rings. The molecule has 0 unspecified atom stereocenters. The lowest BCUT2D eigenvalue weighted by Gasteiger charge is -2.13. The van der Waals surface area contributed by atoms with Gasteiger partial charge < -0.3 is 5.11 Å². The van der Waals surface area contributed by atoms with Gasteiger partial charge >= 0.3 is 5.97 Å². The van der Waals surface area contributed by atoms with Gasteiger partial charge in [0, 0.05) is 17.6 Å². The molecule has 0 saturated heterocycles. The minimum atomic E-state index is -1.15. The van der Waals surface area contributed by atoms with Gasteiger partial charge in [-0.05, 0) is 30.2 Å². The lowest BCUT2D eigenvalue weighted by Crippen LogP contribution is -2.14. The molecule has 0 saturated carbocycles. The molecule has 3 aromatic carbocycles. The fourth-order valence-corrected chi connectivity index (χ4v) is 3.84. The highest BCUT2D eigenvalue weighted by Gasteiger charge is 2.24. The average Bonchev–Trinajstić information content (AvgIpc) is 3.22. The fraction of sp³-hybridized carbons (Fsp3) is 0.0833. The number of carbonyl (C=O) groups excluding carboxylic acids is 1. The van der Waals surface area contributed by atoms with Crippen LogP contribution in [0.5, 0.6) is 0 Å². The summed E-state index contributed by atoms with van der Waals surface area (Å²) in [5.74, 6) is -1.45. The first kappa shape index (κ1) is 19.7. The van der Waals surface area contributed by atoms with Gasteiger partial charge in [0.1, 0.15) is 11.0 Å². The van der Waals surface area contributed by atoms with Crippen molar-refractivity contribution in [1.29, 1.82) is 0 Å². The summed E-state index contributed by atoms with van der Waals surface area (Å²) in [7, 11) is 0. The van der Waals surface area contributed by atoms with E-state index in [1.165, 1.54) is 0 Å². The van der Waals surface area contributed by atoms with E-state index in [0.29, 0.717) is 22.2 Å². The maximum atomic E-state index is 13.4. The highest BCUT2D eigenvalue weighted by Crippen LogP contribution is 2.28. The number of carboxylic acid groups (broad SMARTS) is 1. The molecule has 0 amide bonds. The van der Waals surface area contributed by atoms with Gasteiger partial charge in [0.2, 0.25) is 0 Å². The van der Waals surface area contributed by atoms with Crippen LogP contribution in [0.2, 0.25) is 0 Å². The molecule has 0 radical (unpaired) electrons. The van der Waals surface area contributed by atoms with Crippen molar-refractivity contribution < 1.29 is 14.7 Å². The number of carboxylic acids is 1. The van der Waals surface area contributed by atoms with Crippen LogP contribution in [0.4, 0.5) is 0 Å². The highest BCUT2D eigenvalue weighted by molar-refractivity contribution is 7.00. The van der Waals surface area contributed by atoms with Crippen LogP contribution in [-0.4, -0.2) is 25.6 Å². The summed E-state index contributed by atoms with van der Waals surface area (Å²) < 4.78 is 8.37. The van der Waals surface area contributed by atoms with Crippen molar-refractivity contribution in [1.82, 2.24) is 8.75 Å². The number of hydrogen-bond acceptors (Lipinski definition) is 5. The molecule has 0 atom stereocenters. The largest absolute Gasteiger partial charge is 0.478 e. The van der Waals surface area contributed by atoms with Crippen LogP contribution in [0.15, 0.2) is 78.4 Å². The SMILES string of the molecule is Cc1ccc(C(=O)C(Cc2ccccc2)=C(C(=O)O)c2ccc3nsnc3c2)cc1. The second-order valence-corrected chi connectivity index (χ2v) is 7.51. The number of Topliss-reactive ketones (excluding diaryl/α,β-unsaturated/α-hetero) is 1. The van der Waals surface area contributed by atoms with Crippen molar-refractivity contribution in [2.45, 2.75) is 13.3 Å². The number of allylic oxidation sites excluding steroid dienone is 1. The van der Waals surface area contributed by atoms with E-state index in [0.717, 1.165) is 22.9 Å². The van der Waals surface area contributed by atoms with Crippen molar-refractivity contribution in [3.63, 3.8) is 0 Å². The molecule has 0 aliphatic carbocycles. The van der Waals surface area contributed by atoms with E-state index >= 15 is 0 Å². The molecule has 0 bridgehead atoms. The first-order valence-corrected chi connectivity index (χ1v) is 10.1. The Morgan fingerprint density at radius 3 is 2.23 bits per heavy atom. The van der Waals surface area contributed by atoms with E-state index < -0.39 is 5.97 Å². The standard InChI is InChI=1S/C24H18N2O3S/c1-15-7-9-17(10-8-15)23(27)19(13-16-5-3-2-4-6-16)22(24(28)29)18-11-12-20-21(14-18)26-30-25-20/h2-12,14H,13H2,1H3,(H,28,29). The average molecular weight is 414 g/mol. The van der Waals surface area contributed by atoms with E-state index in [1.807, 2.05) is 49.4 Å². The van der Waals surface area contributed by atoms with Gasteiger partial charge in [-0.1, -0.05) is 66.2 Å². The van der Waals surface area contributed by atoms with Crippen molar-refractivity contribution in [2.75, 3.05) is 0 Å². The number of nitrogens with zero attached hydrogens (tertiary/aromatic N) is 2. The number of ketones is 1. The van der Waals surface area contributed by atoms with Gasteiger partial charge in [-0.25, -0.2) is 4.79 Å². The summed E-state index contributed by atoms with van der Waals surface area (Å²) in [6.45, 7) is 1.94. The zero-order chi connectivity index (χ0) is 21.1. The monoisotopic (exact) mass is 414 g/mol. The Bertz CT molecular complexity index is 1260. The summed E-state index contributed by atoms with van der Waals surface area (Å²) in [4.78, 5) is 25.8. The van der Waals surface area contributed by atoms with Crippen LogP contribution in [0, 0.1) is 6.92 Å². The quantitative estimate of drug-likeness (QED) is 0.356. The summed E-state index contributed by atoms with van der Waals surface area (Å²) >= 11 is 1.07. The molecule has 148 valence electrons. The maximum Gasteiger partial charge on any atom is 0.336 e. The van der Waals surface area contributed by atoms with Crippen LogP contribution < -0.4 is 0 Å². The smallest absolute Gasteiger partial charge is 0.336 e. The second kappa shape index (κ2) is 8.39. The summed E-state index contributed by atoms with van der Waals surface area (Å²) in [6, 6.07) is 21.6. The molecule has 30 heavy (non-hydrogen) atoms. The molecule has 0 fully saturated rings. The third-order valence-electron chi connectivity index (χ3n) is 4.87. The zero-order valence-electron chi connectivity index (χ0n) is 16.2. The van der Waals surface area contributed by atoms with Crippen molar-refractivity contribution in [3.8, 4) is 0 Å². The fourth-order valence-electron chi connectivity index (χ4n) is 3.33. The number of hydrogen-bond donors (Lipinski definition) is 1. The molecule has 4 rings (SSSR count). The molecule has 1 N–H and O–H groups in total. The van der Waals surface area contributed by atoms with Gasteiger partial charge in [-0.15, -0.1) is 0 Å². The predicted molar refractivity (Wildman–Crippen MR) is 118 cm³/mol. The Balaban J connectivity index is 1.91. The van der Waals surface area contributed by atoms with Gasteiger partial charge in [0.05, 0.1) is 17.3 Å². The lowest BCUT2D eigenvalue weighted by molar-refractivity contribution is -0.130. The number of aliphatic carboxylic acids is 1. The number of aromatic nitrogens is 2. The minimum absolute atomic E-state index is 0.0145. The lowest BCUT2D eigenvalue weighted by atomic mass is 9.89. The van der Waals surface area contributed by atoms with E-state index in [4.69, 9.17) is 0 Å². The normalized spacial score (nSPS) is 11.9. The topological polar surface area (TPSA) is 80.2 Å². The number of aryl methyl sites for hydroxylation is 1. The van der Waals surface area contributed by atoms with Crippen molar-refractivity contribution >= 4 is 40.1 Å². The first-order valence-electron chi connectivity index (χ1n) is 9.37. The number of benzene rings is 3. The summed E-state index contributed by atoms with van der Waals surface area (Å²) in [5, 5.41) is 10.1. The van der Waals surface area contributed by atoms with Gasteiger partial charge in [0.25, 0.3) is 0 Å². The molecule has 1 heterocycles. The van der Waals surface area contributed by atoms with Crippen LogP contribution in [-0.2, 0) is 11.2 Å². The highest BCUT2D eigenvalue weighted by atomic mass is 32.1. The number of carbonyl (C=O) groups is 2. The van der Waals surface area contributed by atoms with Gasteiger partial charge in [-0.2, -0.15) is 8.75 Å². The Morgan fingerprint density at radius 1 is 0.867 bits per heavy atom. The van der Waals surface area contributed by atoms with Crippen molar-refractivity contribution in [2.24, 2.45) is 0 Å². The maximum absolute atomic E-state index is 13.4. The van der Waals surface area contributed by atoms with E-state index in [9.17, 15) is 14.7 Å². The van der Waals surface area contributed by atoms with Crippen LogP contribution in [0.25, 0.3) is 16.6 Å². The number of rotatable bonds is 6. The Kier molecular flexibility index (Phi) is 5.50. The third kappa shape index (κ3) is 4.04. The minimum Gasteiger partial charge on any atom is -0.478 e. The van der Waals surface area contributed by atoms with E-state index in [-0.39, 0.29) is 23.4 Å². The Labute approximate surface area is 177 Å². The van der Waals surface area contributed by atoms with Gasteiger partial charge in [-0.3, -0.25) is 4.79 Å². The molecular formula is C24H18N2O3S. The summed E-state index contributed by atoms with van der Waals surface area (Å²) in [5.41, 5.74) is 4.32. The van der Waals surface area contributed by atoms with Crippen LogP contribution >= 0.6 is 11.7 Å². The van der Waals surface area contributed by atoms with E-state index in [2.05, 4.69) is 8.75 Å². The van der Waals surface area contributed by atoms with Gasteiger partial charge in [0.15, 0.2) is 5.78 Å². The molecular weight excluding hydrogens is 396 g/mol. The third-order valence-corrected chi connectivity index (χ3v) is 5.43. The zero-order valence-corrected chi connectivity index (χ0v) is 17.0. The van der Waals surface area contributed by atoms with Crippen LogP contribution in [0.1, 0.15) is 27.0 Å². The van der Waals surface area contributed by atoms with E-state index in [1.54, 1.807) is 30.3 Å².